The standard InChI is InChI=1S/C28H28N6OS/c1-19-17-33(20(2)31-19)24-7-6-22-9-12-32(18-23(22)15-24)28-29-16-25(36-28)13-21-5-8-27(35-3)26(14-21)34-11-4-10-30-34/h4-8,10-11,14-17H,9,12-13,18H2,1-3H3. The Kier molecular flexibility index (Phi) is 5.81. The third kappa shape index (κ3) is 4.28. The number of aromatic nitrogens is 5. The quantitative estimate of drug-likeness (QED) is 0.320. The van der Waals surface area contributed by atoms with E-state index in [-0.39, 0.29) is 0 Å². The van der Waals surface area contributed by atoms with E-state index in [2.05, 4.69) is 63.0 Å². The third-order valence-corrected chi connectivity index (χ3v) is 7.73. The van der Waals surface area contributed by atoms with Gasteiger partial charge >= 0.3 is 0 Å². The minimum atomic E-state index is 0.805. The number of fused-ring (bicyclic) bond motifs is 1. The summed E-state index contributed by atoms with van der Waals surface area (Å²) in [4.78, 5) is 13.0. The predicted molar refractivity (Wildman–Crippen MR) is 143 cm³/mol. The number of aryl methyl sites for hydroxylation is 2. The molecular formula is C28H28N6OS. The van der Waals surface area contributed by atoms with Crippen LogP contribution in [0.4, 0.5) is 5.13 Å². The molecule has 0 fully saturated rings. The van der Waals surface area contributed by atoms with Crippen LogP contribution in [0.5, 0.6) is 5.75 Å². The number of hydrogen-bond acceptors (Lipinski definition) is 6. The number of rotatable bonds is 6. The van der Waals surface area contributed by atoms with Crippen LogP contribution in [-0.2, 0) is 19.4 Å². The average molecular weight is 497 g/mol. The van der Waals surface area contributed by atoms with Crippen molar-refractivity contribution in [3.8, 4) is 17.1 Å². The van der Waals surface area contributed by atoms with Crippen molar-refractivity contribution in [2.24, 2.45) is 0 Å². The van der Waals surface area contributed by atoms with Crippen LogP contribution in [0.2, 0.25) is 0 Å². The van der Waals surface area contributed by atoms with Crippen molar-refractivity contribution in [3.05, 3.63) is 100 Å². The molecule has 0 aliphatic carbocycles. The lowest BCUT2D eigenvalue weighted by molar-refractivity contribution is 0.411. The number of benzene rings is 2. The first-order valence-corrected chi connectivity index (χ1v) is 12.9. The zero-order valence-electron chi connectivity index (χ0n) is 20.7. The number of thiazole rings is 1. The summed E-state index contributed by atoms with van der Waals surface area (Å²) in [7, 11) is 1.69. The van der Waals surface area contributed by atoms with E-state index in [9.17, 15) is 0 Å². The lowest BCUT2D eigenvalue weighted by Gasteiger charge is -2.29. The molecule has 0 N–H and O–H groups in total. The van der Waals surface area contributed by atoms with Crippen molar-refractivity contribution in [1.82, 2.24) is 24.3 Å². The molecule has 0 saturated carbocycles. The Morgan fingerprint density at radius 1 is 1.08 bits per heavy atom. The first-order chi connectivity index (χ1) is 17.6. The molecule has 5 aromatic rings. The summed E-state index contributed by atoms with van der Waals surface area (Å²) in [6.07, 6.45) is 9.67. The number of methoxy groups -OCH3 is 1. The van der Waals surface area contributed by atoms with E-state index in [1.807, 2.05) is 36.1 Å². The Morgan fingerprint density at radius 2 is 2.00 bits per heavy atom. The van der Waals surface area contributed by atoms with Crippen LogP contribution in [0.25, 0.3) is 11.4 Å². The summed E-state index contributed by atoms with van der Waals surface area (Å²) in [6, 6.07) is 15.0. The second kappa shape index (κ2) is 9.28. The zero-order valence-corrected chi connectivity index (χ0v) is 21.5. The lowest BCUT2D eigenvalue weighted by atomic mass is 9.99. The van der Waals surface area contributed by atoms with Gasteiger partial charge in [0, 0.05) is 54.9 Å². The molecule has 0 unspecified atom stereocenters. The largest absolute Gasteiger partial charge is 0.494 e. The van der Waals surface area contributed by atoms with Crippen molar-refractivity contribution in [2.45, 2.75) is 33.2 Å². The molecule has 8 heteroatoms. The molecule has 0 atom stereocenters. The first-order valence-electron chi connectivity index (χ1n) is 12.1. The van der Waals surface area contributed by atoms with Crippen molar-refractivity contribution >= 4 is 16.5 Å². The van der Waals surface area contributed by atoms with Gasteiger partial charge in [0.05, 0.1) is 12.8 Å². The smallest absolute Gasteiger partial charge is 0.185 e. The van der Waals surface area contributed by atoms with Crippen LogP contribution in [0.1, 0.15) is 33.1 Å². The fraction of sp³-hybridized carbons (Fsp3) is 0.250. The Balaban J connectivity index is 1.21. The Bertz CT molecular complexity index is 1520. The number of hydrogen-bond donors (Lipinski definition) is 0. The van der Waals surface area contributed by atoms with E-state index in [1.54, 1.807) is 24.6 Å². The highest BCUT2D eigenvalue weighted by Gasteiger charge is 2.20. The third-order valence-electron chi connectivity index (χ3n) is 6.67. The molecule has 4 heterocycles. The highest BCUT2D eigenvalue weighted by Crippen LogP contribution is 2.31. The van der Waals surface area contributed by atoms with Gasteiger partial charge in [0.2, 0.25) is 0 Å². The van der Waals surface area contributed by atoms with Crippen molar-refractivity contribution in [2.75, 3.05) is 18.6 Å². The summed E-state index contributed by atoms with van der Waals surface area (Å²) in [5.74, 6) is 1.82. The van der Waals surface area contributed by atoms with E-state index in [0.29, 0.717) is 0 Å². The first kappa shape index (κ1) is 22.5. The SMILES string of the molecule is COc1ccc(Cc2cnc(N3CCc4ccc(-n5cc(C)nc5C)cc4C3)s2)cc1-n1cccn1. The summed E-state index contributed by atoms with van der Waals surface area (Å²) >= 11 is 1.77. The molecule has 0 radical (unpaired) electrons. The zero-order chi connectivity index (χ0) is 24.6. The monoisotopic (exact) mass is 496 g/mol. The minimum absolute atomic E-state index is 0.805. The van der Waals surface area contributed by atoms with Crippen LogP contribution < -0.4 is 9.64 Å². The average Bonchev–Trinajstić information content (AvgIpc) is 3.65. The van der Waals surface area contributed by atoms with Gasteiger partial charge in [-0.3, -0.25) is 0 Å². The second-order valence-corrected chi connectivity index (χ2v) is 10.3. The van der Waals surface area contributed by atoms with E-state index in [4.69, 9.17) is 9.72 Å². The maximum absolute atomic E-state index is 5.55. The molecule has 0 saturated heterocycles. The normalized spacial score (nSPS) is 13.1. The van der Waals surface area contributed by atoms with Crippen molar-refractivity contribution in [3.63, 3.8) is 0 Å². The molecule has 1 aliphatic heterocycles. The van der Waals surface area contributed by atoms with E-state index >= 15 is 0 Å². The summed E-state index contributed by atoms with van der Waals surface area (Å²) in [6.45, 7) is 5.94. The Labute approximate surface area is 214 Å². The van der Waals surface area contributed by atoms with Crippen molar-refractivity contribution < 1.29 is 4.74 Å². The minimum Gasteiger partial charge on any atom is -0.494 e. The van der Waals surface area contributed by atoms with Gasteiger partial charge in [-0.2, -0.15) is 5.10 Å². The molecule has 0 bridgehead atoms. The van der Waals surface area contributed by atoms with Gasteiger partial charge in [-0.15, -0.1) is 11.3 Å². The van der Waals surface area contributed by atoms with Crippen LogP contribution in [0.3, 0.4) is 0 Å². The predicted octanol–water partition coefficient (Wildman–Crippen LogP) is 5.29. The maximum atomic E-state index is 5.55. The molecule has 36 heavy (non-hydrogen) atoms. The second-order valence-electron chi connectivity index (χ2n) is 9.17. The summed E-state index contributed by atoms with van der Waals surface area (Å²) < 4.78 is 9.56. The topological polar surface area (TPSA) is 61.0 Å². The molecular weight excluding hydrogens is 468 g/mol. The van der Waals surface area contributed by atoms with E-state index in [1.165, 1.54) is 27.3 Å². The fourth-order valence-corrected chi connectivity index (χ4v) is 5.87. The van der Waals surface area contributed by atoms with Crippen LogP contribution >= 0.6 is 11.3 Å². The van der Waals surface area contributed by atoms with Crippen molar-refractivity contribution in [1.29, 1.82) is 0 Å². The summed E-state index contributed by atoms with van der Waals surface area (Å²) in [5.41, 5.74) is 7.13. The Hall–Kier alpha value is -3.91. The van der Waals surface area contributed by atoms with Crippen LogP contribution in [0.15, 0.2) is 67.3 Å². The molecule has 0 amide bonds. The van der Waals surface area contributed by atoms with Gasteiger partial charge < -0.3 is 14.2 Å². The number of nitrogens with zero attached hydrogens (tertiary/aromatic N) is 6. The van der Waals surface area contributed by atoms with Crippen LogP contribution in [-0.4, -0.2) is 38.0 Å². The van der Waals surface area contributed by atoms with Gasteiger partial charge in [-0.1, -0.05) is 12.1 Å². The molecule has 7 nitrogen and oxygen atoms in total. The van der Waals surface area contributed by atoms with Gasteiger partial charge in [-0.25, -0.2) is 14.6 Å². The summed E-state index contributed by atoms with van der Waals surface area (Å²) in [5, 5.41) is 5.45. The molecule has 2 aromatic carbocycles. The number of imidazole rings is 1. The van der Waals surface area contributed by atoms with Crippen LogP contribution in [0, 0.1) is 13.8 Å². The number of ether oxygens (including phenoxy) is 1. The molecule has 3 aromatic heterocycles. The maximum Gasteiger partial charge on any atom is 0.185 e. The van der Waals surface area contributed by atoms with Gasteiger partial charge in [-0.05, 0) is 67.3 Å². The Morgan fingerprint density at radius 3 is 2.78 bits per heavy atom. The molecule has 182 valence electrons. The molecule has 6 rings (SSSR count). The fourth-order valence-electron chi connectivity index (χ4n) is 4.90. The number of anilines is 1. The highest BCUT2D eigenvalue weighted by molar-refractivity contribution is 7.15. The molecule has 0 spiro atoms. The lowest BCUT2D eigenvalue weighted by Crippen LogP contribution is -2.30. The van der Waals surface area contributed by atoms with Gasteiger partial charge in [0.25, 0.3) is 0 Å². The molecule has 1 aliphatic rings. The highest BCUT2D eigenvalue weighted by atomic mass is 32.1. The van der Waals surface area contributed by atoms with Gasteiger partial charge in [0.1, 0.15) is 17.3 Å². The van der Waals surface area contributed by atoms with E-state index < -0.39 is 0 Å². The van der Waals surface area contributed by atoms with Gasteiger partial charge in [0.15, 0.2) is 5.13 Å². The van der Waals surface area contributed by atoms with E-state index in [0.717, 1.165) is 54.0 Å².